The van der Waals surface area contributed by atoms with Crippen molar-refractivity contribution in [1.29, 1.82) is 0 Å². The molecule has 0 saturated carbocycles. The topological polar surface area (TPSA) is 50.3 Å². The molecule has 1 aliphatic heterocycles. The molecule has 4 nitrogen and oxygen atoms in total. The summed E-state index contributed by atoms with van der Waals surface area (Å²) in [5, 5.41) is 0. The van der Waals surface area contributed by atoms with E-state index in [0.29, 0.717) is 12.8 Å². The monoisotopic (exact) mass is 448 g/mol. The third-order valence-corrected chi connectivity index (χ3v) is 3.98. The summed E-state index contributed by atoms with van der Waals surface area (Å²) in [5.74, 6) is -0.349. The van der Waals surface area contributed by atoms with Crippen LogP contribution in [0, 0.1) is 0 Å². The molecule has 0 N–H and O–H groups in total. The summed E-state index contributed by atoms with van der Waals surface area (Å²) in [6.07, 6.45) is -2.38. The Morgan fingerprint density at radius 1 is 1.29 bits per heavy atom. The molecule has 1 aromatic heterocycles. The Bertz CT molecular complexity index is 526. The number of halogens is 4. The third kappa shape index (κ3) is 5.35. The zero-order valence-electron chi connectivity index (χ0n) is 11.0. The quantitative estimate of drug-likeness (QED) is 0.398. The Balaban J connectivity index is 0.00000106. The van der Waals surface area contributed by atoms with E-state index in [9.17, 15) is 21.6 Å². The molecule has 1 saturated heterocycles. The minimum absolute atomic E-state index is 0.0198. The van der Waals surface area contributed by atoms with Crippen molar-refractivity contribution < 1.29 is 21.6 Å². The van der Waals surface area contributed by atoms with E-state index < -0.39 is 22.6 Å². The molecule has 0 aliphatic carbocycles. The molecule has 116 valence electrons. The van der Waals surface area contributed by atoms with Gasteiger partial charge in [-0.1, -0.05) is 0 Å². The maximum atomic E-state index is 12.9. The summed E-state index contributed by atoms with van der Waals surface area (Å²) in [4.78, 5) is 3.85. The number of rotatable bonds is 2. The van der Waals surface area contributed by atoms with Crippen LogP contribution in [0.3, 0.4) is 0 Å². The summed E-state index contributed by atoms with van der Waals surface area (Å²) in [6.45, 7) is 0.462. The molecule has 2 heterocycles. The summed E-state index contributed by atoms with van der Waals surface area (Å²) in [5.41, 5.74) is -0.706. The molecule has 1 aliphatic rings. The fourth-order valence-corrected chi connectivity index (χ4v) is 2.77. The van der Waals surface area contributed by atoms with Gasteiger partial charge in [-0.25, -0.2) is 0 Å². The van der Waals surface area contributed by atoms with Gasteiger partial charge in [0.15, 0.2) is 0 Å². The predicted octanol–water partition coefficient (Wildman–Crippen LogP) is 2.74. The first-order valence-corrected chi connectivity index (χ1v) is 12.2. The van der Waals surface area contributed by atoms with Gasteiger partial charge < -0.3 is 12.7 Å². The second-order valence-electron chi connectivity index (χ2n) is 4.35. The molecule has 10 heteroatoms. The van der Waals surface area contributed by atoms with Crippen LogP contribution in [0.15, 0.2) is 18.3 Å². The van der Waals surface area contributed by atoms with Crippen molar-refractivity contribution in [1.82, 2.24) is 9.29 Å². The Hall–Kier alpha value is 0.112. The first-order valence-electron chi connectivity index (χ1n) is 6.02. The van der Waals surface area contributed by atoms with Crippen LogP contribution in [-0.2, 0) is 25.5 Å². The number of hydrogen-bond donors (Lipinski definition) is 0. The Kier molecular flexibility index (Phi) is 7.91. The zero-order chi connectivity index (χ0) is 16.0. The number of alkyl halides is 3. The van der Waals surface area contributed by atoms with Crippen molar-refractivity contribution in [2.45, 2.75) is 24.9 Å². The van der Waals surface area contributed by atoms with Gasteiger partial charge in [-0.2, -0.15) is 13.2 Å². The molecule has 1 fully saturated rings. The van der Waals surface area contributed by atoms with Gasteiger partial charge in [0.2, 0.25) is 0 Å². The van der Waals surface area contributed by atoms with Crippen LogP contribution in [0.2, 0.25) is 0 Å². The van der Waals surface area contributed by atoms with Gasteiger partial charge in [0.1, 0.15) is 0 Å². The molecule has 2 rings (SSSR count). The van der Waals surface area contributed by atoms with Crippen molar-refractivity contribution in [2.24, 2.45) is 0 Å². The minimum atomic E-state index is -4.43. The summed E-state index contributed by atoms with van der Waals surface area (Å²) >= 11 is 4.01. The van der Waals surface area contributed by atoms with Crippen molar-refractivity contribution >= 4 is 44.2 Å². The average Bonchev–Trinajstić information content (AvgIpc) is 2.48. The van der Waals surface area contributed by atoms with Gasteiger partial charge in [-0.05, 0) is 49.0 Å². The molecular formula is C11H13AlF3IN2O2S. The summed E-state index contributed by atoms with van der Waals surface area (Å²) in [6, 6.07) is 2.27. The number of nitrogens with zero attached hydrogens (tertiary/aromatic N) is 2. The molecule has 0 radical (unpaired) electrons. The molecule has 21 heavy (non-hydrogen) atoms. The second kappa shape index (κ2) is 8.67. The summed E-state index contributed by atoms with van der Waals surface area (Å²) in [7, 11) is -2.31. The Morgan fingerprint density at radius 3 is 2.33 bits per heavy atom. The van der Waals surface area contributed by atoms with E-state index in [1.807, 2.05) is 13.0 Å². The van der Waals surface area contributed by atoms with Crippen LogP contribution in [-0.4, -0.2) is 35.4 Å². The zero-order valence-corrected chi connectivity index (χ0v) is 15.4. The van der Waals surface area contributed by atoms with Gasteiger partial charge in [0.25, 0.3) is 0 Å². The molecular weight excluding hydrogens is 435 g/mol. The normalized spacial score (nSPS) is 17.3. The number of pyridine rings is 1. The molecule has 0 spiro atoms. The van der Waals surface area contributed by atoms with Crippen molar-refractivity contribution in [3.05, 3.63) is 29.6 Å². The van der Waals surface area contributed by atoms with E-state index in [2.05, 4.69) is 25.3 Å². The molecule has 0 unspecified atom stereocenters. The predicted molar refractivity (Wildman–Crippen MR) is 82.7 cm³/mol. The Morgan fingerprint density at radius 2 is 1.86 bits per heavy atom. The van der Waals surface area contributed by atoms with Gasteiger partial charge >= 0.3 is 39.5 Å². The first-order chi connectivity index (χ1) is 9.89. The van der Waals surface area contributed by atoms with E-state index in [4.69, 9.17) is 0 Å². The molecule has 0 aromatic carbocycles. The van der Waals surface area contributed by atoms with Crippen LogP contribution in [0.4, 0.5) is 13.2 Å². The van der Waals surface area contributed by atoms with E-state index in [1.165, 1.54) is 16.6 Å². The van der Waals surface area contributed by atoms with Crippen LogP contribution in [0.5, 0.6) is 0 Å². The average molecular weight is 448 g/mol. The second-order valence-corrected chi connectivity index (χ2v) is 5.30. The van der Waals surface area contributed by atoms with Gasteiger partial charge in [0.05, 0.1) is 11.3 Å². The van der Waals surface area contributed by atoms with E-state index in [-0.39, 0.29) is 24.7 Å². The molecule has 1 aromatic rings. The molecule has 0 amide bonds. The maximum absolute atomic E-state index is 12.9. The standard InChI is InChI=1S/C11H12F3N2O2S.Al.HI.H/c12-11(13,14)9-2-1-5-15-10(9)8-3-6-16(7-4-8)19(17)18;;;/h1-2,5,8H,3-4,6-7H2;;1H;/q-1;+2;;/p-1. The van der Waals surface area contributed by atoms with Crippen LogP contribution < -0.4 is 0 Å². The van der Waals surface area contributed by atoms with E-state index in [0.717, 1.165) is 6.07 Å². The van der Waals surface area contributed by atoms with Gasteiger partial charge in [-0.3, -0.25) is 4.98 Å². The van der Waals surface area contributed by atoms with Crippen LogP contribution >= 0.6 is 20.3 Å². The van der Waals surface area contributed by atoms with E-state index >= 15 is 0 Å². The SMILES string of the molecule is O=[S-](=O)N1CCC(c2ncccc2C(F)(F)F)CC1.[AlH+][I]. The molecule has 0 bridgehead atoms. The van der Waals surface area contributed by atoms with Crippen molar-refractivity contribution in [3.63, 3.8) is 0 Å². The van der Waals surface area contributed by atoms with Crippen molar-refractivity contribution in [3.8, 4) is 0 Å². The fraction of sp³-hybridized carbons (Fsp3) is 0.545. The Labute approximate surface area is 142 Å². The van der Waals surface area contributed by atoms with E-state index in [1.54, 1.807) is 0 Å². The first kappa shape index (κ1) is 19.2. The van der Waals surface area contributed by atoms with Crippen LogP contribution in [0.25, 0.3) is 0 Å². The molecule has 0 atom stereocenters. The third-order valence-electron chi connectivity index (χ3n) is 3.20. The number of piperidine rings is 1. The van der Waals surface area contributed by atoms with Gasteiger partial charge in [0, 0.05) is 12.1 Å². The number of hydrogen-bond acceptors (Lipinski definition) is 4. The fourth-order valence-electron chi connectivity index (χ4n) is 2.26. The van der Waals surface area contributed by atoms with Gasteiger partial charge in [-0.15, -0.1) is 0 Å². The number of aromatic nitrogens is 1. The van der Waals surface area contributed by atoms with Crippen LogP contribution in [0.1, 0.15) is 30.0 Å². The van der Waals surface area contributed by atoms with Crippen molar-refractivity contribution in [2.75, 3.05) is 13.1 Å². The summed E-state index contributed by atoms with van der Waals surface area (Å²) < 4.78 is 61.3.